The third-order valence-electron chi connectivity index (χ3n) is 3.52. The van der Waals surface area contributed by atoms with Gasteiger partial charge in [-0.2, -0.15) is 0 Å². The van der Waals surface area contributed by atoms with Gasteiger partial charge in [-0.05, 0) is 0 Å². The van der Waals surface area contributed by atoms with Crippen LogP contribution in [-0.4, -0.2) is 74.1 Å². The minimum absolute atomic E-state index is 0.129. The maximum absolute atomic E-state index is 11.9. The smallest absolute Gasteiger partial charge is 0.330 e. The molecule has 134 valence electrons. The lowest BCUT2D eigenvalue weighted by atomic mass is 10.1. The van der Waals surface area contributed by atoms with E-state index >= 15 is 0 Å². The third kappa shape index (κ3) is 3.71. The van der Waals surface area contributed by atoms with Gasteiger partial charge >= 0.3 is 11.7 Å². The van der Waals surface area contributed by atoms with E-state index in [1.807, 2.05) is 4.98 Å². The van der Waals surface area contributed by atoms with Crippen molar-refractivity contribution in [2.24, 2.45) is 0 Å². The van der Waals surface area contributed by atoms with Crippen LogP contribution in [0.1, 0.15) is 11.8 Å². The summed E-state index contributed by atoms with van der Waals surface area (Å²) in [4.78, 5) is 37.2. The molecule has 0 aliphatic carbocycles. The van der Waals surface area contributed by atoms with Crippen molar-refractivity contribution in [2.45, 2.75) is 31.0 Å². The number of hydrogen-bond acceptors (Lipinski definition) is 9. The molecule has 1 aliphatic rings. The van der Waals surface area contributed by atoms with Crippen LogP contribution in [0.25, 0.3) is 0 Å². The average Bonchev–Trinajstić information content (AvgIpc) is 2.83. The predicted molar refractivity (Wildman–Crippen MR) is 76.1 cm³/mol. The number of carbonyl (C=O) groups is 1. The maximum atomic E-state index is 11.9. The van der Waals surface area contributed by atoms with Crippen molar-refractivity contribution in [3.8, 4) is 0 Å². The molecule has 0 radical (unpaired) electrons. The van der Waals surface area contributed by atoms with Crippen LogP contribution in [0.15, 0.2) is 15.8 Å². The van der Waals surface area contributed by atoms with E-state index in [9.17, 15) is 24.6 Å². The van der Waals surface area contributed by atoms with Crippen molar-refractivity contribution in [3.05, 3.63) is 32.6 Å². The fraction of sp³-hybridized carbons (Fsp3) is 0.615. The molecule has 2 unspecified atom stereocenters. The summed E-state index contributed by atoms with van der Waals surface area (Å²) in [6.07, 6.45) is -4.82. The molecule has 1 fully saturated rings. The van der Waals surface area contributed by atoms with E-state index in [0.29, 0.717) is 0 Å². The van der Waals surface area contributed by atoms with Gasteiger partial charge in [0, 0.05) is 11.8 Å². The van der Waals surface area contributed by atoms with E-state index in [1.165, 1.54) is 0 Å². The van der Waals surface area contributed by atoms with Crippen LogP contribution in [0.4, 0.5) is 0 Å². The summed E-state index contributed by atoms with van der Waals surface area (Å²) < 4.78 is 10.7. The zero-order valence-electron chi connectivity index (χ0n) is 12.5. The molecule has 1 aromatic heterocycles. The molecule has 11 heteroatoms. The fourth-order valence-corrected chi connectivity index (χ4v) is 2.32. The molecule has 0 amide bonds. The lowest BCUT2D eigenvalue weighted by Gasteiger charge is -2.17. The lowest BCUT2D eigenvalue weighted by Crippen LogP contribution is -2.39. The summed E-state index contributed by atoms with van der Waals surface area (Å²) in [5, 5.41) is 37.3. The zero-order chi connectivity index (χ0) is 17.9. The quantitative estimate of drug-likeness (QED) is 0.324. The molecule has 0 bridgehead atoms. The molecule has 2 rings (SSSR count). The molecule has 0 spiro atoms. The second kappa shape index (κ2) is 7.68. The summed E-state index contributed by atoms with van der Waals surface area (Å²) in [6.45, 7) is -1.18. The Balaban J connectivity index is 2.28. The SMILES string of the molecule is O=C(Cc1cn([C@H]2O[C@@H](CO)C(O)C2O)c(=O)[nH]c1=O)OCCO. The Labute approximate surface area is 134 Å². The number of aliphatic hydroxyl groups is 4. The summed E-state index contributed by atoms with van der Waals surface area (Å²) in [5.41, 5.74) is -1.86. The molecule has 11 nitrogen and oxygen atoms in total. The number of H-pyrrole nitrogens is 1. The molecular formula is C13H18N2O9. The van der Waals surface area contributed by atoms with Crippen LogP contribution in [0.2, 0.25) is 0 Å². The molecule has 0 saturated carbocycles. The Morgan fingerprint density at radius 3 is 2.58 bits per heavy atom. The highest BCUT2D eigenvalue weighted by atomic mass is 16.6. The van der Waals surface area contributed by atoms with Gasteiger partial charge in [0.2, 0.25) is 0 Å². The van der Waals surface area contributed by atoms with E-state index in [-0.39, 0.29) is 18.8 Å². The molecule has 0 aromatic carbocycles. The highest BCUT2D eigenvalue weighted by molar-refractivity contribution is 5.72. The molecule has 24 heavy (non-hydrogen) atoms. The predicted octanol–water partition coefficient (Wildman–Crippen LogP) is -3.77. The minimum atomic E-state index is -1.51. The van der Waals surface area contributed by atoms with Crippen molar-refractivity contribution in [3.63, 3.8) is 0 Å². The van der Waals surface area contributed by atoms with Gasteiger partial charge in [-0.25, -0.2) is 4.79 Å². The number of esters is 1. The van der Waals surface area contributed by atoms with Gasteiger partial charge < -0.3 is 29.9 Å². The van der Waals surface area contributed by atoms with Gasteiger partial charge in [-0.3, -0.25) is 19.1 Å². The van der Waals surface area contributed by atoms with Crippen LogP contribution in [0, 0.1) is 0 Å². The van der Waals surface area contributed by atoms with Gasteiger partial charge in [0.25, 0.3) is 5.56 Å². The summed E-state index contributed by atoms with van der Waals surface area (Å²) in [6, 6.07) is 0. The Bertz CT molecular complexity index is 697. The number of aromatic nitrogens is 2. The first-order valence-corrected chi connectivity index (χ1v) is 7.12. The monoisotopic (exact) mass is 346 g/mol. The Morgan fingerprint density at radius 1 is 1.29 bits per heavy atom. The first kappa shape index (κ1) is 18.3. The highest BCUT2D eigenvalue weighted by Gasteiger charge is 2.43. The molecule has 1 aromatic rings. The molecule has 1 saturated heterocycles. The minimum Gasteiger partial charge on any atom is -0.463 e. The number of nitrogens with zero attached hydrogens (tertiary/aromatic N) is 1. The summed E-state index contributed by atoms with van der Waals surface area (Å²) in [5.74, 6) is -0.791. The molecule has 1 aliphatic heterocycles. The van der Waals surface area contributed by atoms with Crippen molar-refractivity contribution in [2.75, 3.05) is 19.8 Å². The van der Waals surface area contributed by atoms with Crippen molar-refractivity contribution < 1.29 is 34.7 Å². The summed E-state index contributed by atoms with van der Waals surface area (Å²) >= 11 is 0. The second-order valence-electron chi connectivity index (χ2n) is 5.17. The zero-order valence-corrected chi connectivity index (χ0v) is 12.5. The number of ether oxygens (including phenoxy) is 2. The maximum Gasteiger partial charge on any atom is 0.330 e. The van der Waals surface area contributed by atoms with Gasteiger partial charge in [-0.1, -0.05) is 0 Å². The lowest BCUT2D eigenvalue weighted by molar-refractivity contribution is -0.143. The number of carbonyl (C=O) groups excluding carboxylic acids is 1. The molecular weight excluding hydrogens is 328 g/mol. The van der Waals surface area contributed by atoms with Crippen LogP contribution in [-0.2, 0) is 20.7 Å². The Kier molecular flexibility index (Phi) is 5.85. The number of aliphatic hydroxyl groups excluding tert-OH is 4. The van der Waals surface area contributed by atoms with E-state index in [1.54, 1.807) is 0 Å². The number of aromatic amines is 1. The normalized spacial score (nSPS) is 26.5. The first-order valence-electron chi connectivity index (χ1n) is 7.12. The third-order valence-corrected chi connectivity index (χ3v) is 3.52. The van der Waals surface area contributed by atoms with E-state index in [4.69, 9.17) is 14.9 Å². The standard InChI is InChI=1S/C13H18N2O9/c16-1-2-23-8(18)3-6-4-15(13(22)14-11(6)21)12-10(20)9(19)7(5-17)24-12/h4,7,9-10,12,16-17,19-20H,1-3,5H2,(H,14,21,22)/t7-,9?,10?,12-/m0/s1. The van der Waals surface area contributed by atoms with E-state index in [2.05, 4.69) is 4.74 Å². The number of nitrogens with one attached hydrogen (secondary N) is 1. The Hall–Kier alpha value is -2.05. The molecule has 4 atom stereocenters. The highest BCUT2D eigenvalue weighted by Crippen LogP contribution is 2.27. The van der Waals surface area contributed by atoms with Crippen LogP contribution >= 0.6 is 0 Å². The fourth-order valence-electron chi connectivity index (χ4n) is 2.32. The van der Waals surface area contributed by atoms with E-state index < -0.39 is 54.8 Å². The van der Waals surface area contributed by atoms with Gasteiger partial charge in [0.1, 0.15) is 24.9 Å². The van der Waals surface area contributed by atoms with Crippen molar-refractivity contribution in [1.29, 1.82) is 0 Å². The largest absolute Gasteiger partial charge is 0.463 e. The van der Waals surface area contributed by atoms with Crippen molar-refractivity contribution >= 4 is 5.97 Å². The molecule has 2 heterocycles. The average molecular weight is 346 g/mol. The Morgan fingerprint density at radius 2 is 2.00 bits per heavy atom. The van der Waals surface area contributed by atoms with Gasteiger partial charge in [0.05, 0.1) is 19.6 Å². The van der Waals surface area contributed by atoms with Gasteiger partial charge in [0.15, 0.2) is 6.23 Å². The number of hydrogen-bond donors (Lipinski definition) is 5. The second-order valence-corrected chi connectivity index (χ2v) is 5.17. The topological polar surface area (TPSA) is 171 Å². The van der Waals surface area contributed by atoms with Crippen molar-refractivity contribution in [1.82, 2.24) is 9.55 Å². The van der Waals surface area contributed by atoms with E-state index in [0.717, 1.165) is 10.8 Å². The molecule has 5 N–H and O–H groups in total. The van der Waals surface area contributed by atoms with Crippen LogP contribution in [0.5, 0.6) is 0 Å². The van der Waals surface area contributed by atoms with Crippen LogP contribution < -0.4 is 11.2 Å². The van der Waals surface area contributed by atoms with Crippen LogP contribution in [0.3, 0.4) is 0 Å². The number of rotatable bonds is 6. The summed E-state index contributed by atoms with van der Waals surface area (Å²) in [7, 11) is 0. The van der Waals surface area contributed by atoms with Gasteiger partial charge in [-0.15, -0.1) is 0 Å². The first-order chi connectivity index (χ1) is 11.4.